The molecule has 36 nitrogen and oxygen atoms in total. The zero-order valence-electron chi connectivity index (χ0n) is 91.0. The Bertz CT molecular complexity index is 4550. The van der Waals surface area contributed by atoms with Crippen molar-refractivity contribution in [1.29, 1.82) is 0 Å². The second kappa shape index (κ2) is 75.4. The maximum absolute atomic E-state index is 12.0. The molecule has 4 aromatic rings. The highest BCUT2D eigenvalue weighted by Gasteiger charge is 2.43. The van der Waals surface area contributed by atoms with E-state index in [0.717, 1.165) is 102 Å². The predicted molar refractivity (Wildman–Crippen MR) is 566 cm³/mol. The fourth-order valence-electron chi connectivity index (χ4n) is 15.2. The number of aliphatic carboxylic acids is 3. The fraction of sp³-hybridized carbons (Fsp3) is 0.611. The van der Waals surface area contributed by atoms with Gasteiger partial charge >= 0.3 is 72.4 Å². The first-order chi connectivity index (χ1) is 68.4. The Morgan fingerprint density at radius 1 is 0.442 bits per heavy atom. The number of methoxy groups -OCH3 is 1. The van der Waals surface area contributed by atoms with E-state index in [0.29, 0.717) is 75.3 Å². The monoisotopic (exact) mass is 2130 g/mol. The molecule has 6 aliphatic heterocycles. The molecular weight excluding hydrogens is 1960 g/mol. The van der Waals surface area contributed by atoms with Crippen molar-refractivity contribution >= 4 is 117 Å². The number of nitrogens with zero attached hydrogens (tertiary/aromatic N) is 5. The minimum Gasteiger partial charge on any atom is -0.481 e. The van der Waals surface area contributed by atoms with E-state index in [1.54, 1.807) is 114 Å². The standard InChI is InChI=1S/C16H23NO2.C15H19NO4.C13H23NOSi.C12H11NO5.C12H21NO4.C10H18O5.C9H17NO2.C7H13NO2.C7H12O2.C7H10O2.2ClH/c1-3-14-11-17(10-13-8-6-5-7-9-13)12-15(14)16(18)19-4-2;1-2-12-8-16(9-13(12)14(17)18)15(19)20-10-11-6-4-3-5-7-11;1-15-11-14(12-16(2,3)4)10-13-8-6-5-7-9-13;14-10-6-7-11(15)13(10)18-12(16)17-8-9-4-2-1-3-5-9;1-5-8-6-13(7-9(8)10(14)15)11(16)17-12(2,3)4;1-9(2,3)14-7(11)13-8(12)15-10(4,5)6;1-3-7-5-10-6-8(7)9(11)12-4-2;1-2-5-3-8-4-6(5)7(9)10;2*1-3-5-6-7(8)9-4-2;;/h5-9,14-15H,3-4,10-12H2,1-2H3;3-7,12-13H,2,8-10H2,1H3,(H,17,18);5-9H,10-12H2,1-4H3;1-5H,6-8H2;8-9H,5-7H2,1-4H3,(H,14,15);1-6H3;7-8,10H,3-6H2,1-2H3;5-6,8H,2-4H2,1H3,(H,9,10);5-6H,3-4H2,1-2H3;3-4H2,1-2H3;2*1H/b;;;;;;;;6-5-;;;/t14-,15+;12-,13+;;;8-,9+;;7-,8+;5-,6+;;;;/m11..1.11..../s1. The lowest BCUT2D eigenvalue weighted by Crippen LogP contribution is -2.40. The highest BCUT2D eigenvalue weighted by molar-refractivity contribution is 6.76. The second-order valence-electron chi connectivity index (χ2n) is 38.8. The molecule has 39 heteroatoms. The molecule has 147 heavy (non-hydrogen) atoms. The SMILES string of the molecule is CC(C)(C)OC(=O)OC(=O)OC(C)(C)C.CC/C=C\C(=O)OCC.CCC#CC(=O)OCC.CCOC(=O)[C@H]1CN(Cc2ccccc2)C[C@H]1CC.CCOC(=O)[C@H]1CNC[C@H]1CC.CC[C@@H]1CN(C(=O)OC(C)(C)C)C[C@@H]1C(=O)O.CC[C@@H]1CN(C(=O)OCc2ccccc2)C[C@@H]1C(=O)O.CC[C@@H]1CNC[C@@H]1C(=O)O.COCN(Cc1ccccc1)C[Si](C)(C)C.Cl.Cl.O=C(OCc1ccccc1)ON1C(=O)CCC1=O. The van der Waals surface area contributed by atoms with Crippen molar-refractivity contribution in [3.63, 3.8) is 0 Å². The molecule has 6 fully saturated rings. The van der Waals surface area contributed by atoms with E-state index in [9.17, 15) is 67.1 Å². The lowest BCUT2D eigenvalue weighted by Gasteiger charge is -2.28. The van der Waals surface area contributed by atoms with Crippen molar-refractivity contribution in [2.45, 2.75) is 259 Å². The lowest BCUT2D eigenvalue weighted by atomic mass is 9.94. The van der Waals surface area contributed by atoms with Gasteiger partial charge in [0.15, 0.2) is 0 Å². The zero-order chi connectivity index (χ0) is 109. The molecule has 0 saturated carbocycles. The molecule has 4 amide bonds. The minimum absolute atomic E-state index is 0. The highest BCUT2D eigenvalue weighted by atomic mass is 35.5. The Kier molecular flexibility index (Phi) is 70.7. The molecule has 10 atom stereocenters. The van der Waals surface area contributed by atoms with Crippen LogP contribution in [-0.2, 0) is 126 Å². The van der Waals surface area contributed by atoms with Crippen molar-refractivity contribution in [2.24, 2.45) is 59.2 Å². The number of carbonyl (C=O) groups excluding carboxylic acids is 11. The zero-order valence-corrected chi connectivity index (χ0v) is 93.6. The first-order valence-electron chi connectivity index (χ1n) is 50.2. The summed E-state index contributed by atoms with van der Waals surface area (Å²) in [4.78, 5) is 169. The summed E-state index contributed by atoms with van der Waals surface area (Å²) in [5.74, 6) is 1.15. The number of benzene rings is 4. The minimum atomic E-state index is -1.07. The molecule has 0 unspecified atom stereocenters. The number of likely N-dealkylation sites (tertiary alicyclic amines) is 3. The van der Waals surface area contributed by atoms with Crippen LogP contribution in [0.3, 0.4) is 0 Å². The average molecular weight is 2130 g/mol. The number of carboxylic acid groups (broad SMARTS) is 3. The normalized spacial score (nSPS) is 18.8. The van der Waals surface area contributed by atoms with Gasteiger partial charge in [-0.25, -0.2) is 33.6 Å². The predicted octanol–water partition coefficient (Wildman–Crippen LogP) is 18.7. The first kappa shape index (κ1) is 138. The van der Waals surface area contributed by atoms with E-state index in [1.807, 2.05) is 90.9 Å². The van der Waals surface area contributed by atoms with Crippen LogP contribution in [0.2, 0.25) is 19.6 Å². The Morgan fingerprint density at radius 2 is 0.837 bits per heavy atom. The summed E-state index contributed by atoms with van der Waals surface area (Å²) >= 11 is 0. The number of esters is 4. The van der Waals surface area contributed by atoms with Crippen molar-refractivity contribution in [3.8, 4) is 11.8 Å². The van der Waals surface area contributed by atoms with Crippen LogP contribution in [-0.4, -0.2) is 261 Å². The molecule has 0 aromatic heterocycles. The number of carboxylic acids is 3. The van der Waals surface area contributed by atoms with Gasteiger partial charge in [0.2, 0.25) is 0 Å². The summed E-state index contributed by atoms with van der Waals surface area (Å²) in [6.07, 6.45) is 6.61. The van der Waals surface area contributed by atoms with Gasteiger partial charge in [-0.1, -0.05) is 239 Å². The third-order valence-electron chi connectivity index (χ3n) is 22.2. The van der Waals surface area contributed by atoms with Crippen LogP contribution >= 0.6 is 24.8 Å². The Balaban J connectivity index is 0. The van der Waals surface area contributed by atoms with E-state index < -0.39 is 103 Å². The summed E-state index contributed by atoms with van der Waals surface area (Å²) in [7, 11) is 0.701. The van der Waals surface area contributed by atoms with E-state index in [-0.39, 0.29) is 111 Å². The number of carbonyl (C=O) groups is 14. The molecule has 0 aliphatic carbocycles. The molecule has 5 N–H and O–H groups in total. The number of hydroxylamine groups is 2. The van der Waals surface area contributed by atoms with Gasteiger partial charge in [-0.3, -0.25) is 48.2 Å². The van der Waals surface area contributed by atoms with Crippen molar-refractivity contribution < 1.29 is 139 Å². The summed E-state index contributed by atoms with van der Waals surface area (Å²) < 4.78 is 53.6. The smallest absolute Gasteiger partial charge is 0.481 e. The molecule has 4 aromatic carbocycles. The molecule has 6 saturated heterocycles. The second-order valence-corrected chi connectivity index (χ2v) is 44.3. The van der Waals surface area contributed by atoms with Crippen LogP contribution in [0.15, 0.2) is 133 Å². The number of rotatable bonds is 29. The summed E-state index contributed by atoms with van der Waals surface area (Å²) in [5.41, 5.74) is 2.44. The molecule has 0 radical (unpaired) electrons. The lowest BCUT2D eigenvalue weighted by molar-refractivity contribution is -0.177. The van der Waals surface area contributed by atoms with Gasteiger partial charge in [0, 0.05) is 104 Å². The number of hydrogen-bond acceptors (Lipinski definition) is 30. The van der Waals surface area contributed by atoms with E-state index in [1.165, 1.54) is 33.2 Å². The largest absolute Gasteiger partial charge is 0.534 e. The maximum Gasteiger partial charge on any atom is 0.534 e. The number of imide groups is 1. The Morgan fingerprint density at radius 3 is 1.22 bits per heavy atom. The van der Waals surface area contributed by atoms with Crippen molar-refractivity contribution in [3.05, 3.63) is 156 Å². The molecule has 0 bridgehead atoms. The van der Waals surface area contributed by atoms with Crippen LogP contribution in [0, 0.1) is 71.0 Å². The summed E-state index contributed by atoms with van der Waals surface area (Å²) in [6.45, 7) is 55.1. The fourth-order valence-corrected chi connectivity index (χ4v) is 16.8. The first-order valence-corrected chi connectivity index (χ1v) is 53.9. The topological polar surface area (TPSA) is 451 Å². The highest BCUT2D eigenvalue weighted by Crippen LogP contribution is 2.32. The number of allylic oxidation sites excluding steroid dienone is 1. The Labute approximate surface area is 884 Å². The summed E-state index contributed by atoms with van der Waals surface area (Å²) in [5, 5.41) is 33.6. The van der Waals surface area contributed by atoms with E-state index in [2.05, 4.69) is 139 Å². The molecule has 828 valence electrons. The maximum atomic E-state index is 12.0. The number of ether oxygens (including phenoxy) is 11. The van der Waals surface area contributed by atoms with Crippen LogP contribution < -0.4 is 10.6 Å². The third kappa shape index (κ3) is 61.3. The van der Waals surface area contributed by atoms with Gasteiger partial charge < -0.3 is 87.9 Å². The van der Waals surface area contributed by atoms with E-state index >= 15 is 0 Å². The van der Waals surface area contributed by atoms with Gasteiger partial charge in [-0.2, -0.15) is 0 Å². The number of nitrogens with one attached hydrogen (secondary N) is 2. The Hall–Kier alpha value is -11.2. The number of amides is 4. The van der Waals surface area contributed by atoms with Gasteiger partial charge in [-0.05, 0) is 168 Å². The third-order valence-corrected chi connectivity index (χ3v) is 23.6. The van der Waals surface area contributed by atoms with Crippen molar-refractivity contribution in [2.75, 3.05) is 112 Å². The molecule has 10 rings (SSSR count). The quantitative estimate of drug-likeness (QED) is 0.00388. The number of hydrogen-bond donors (Lipinski definition) is 5. The van der Waals surface area contributed by atoms with Crippen LogP contribution in [0.1, 0.15) is 219 Å². The summed E-state index contributed by atoms with van der Waals surface area (Å²) in [6, 6.07) is 39.4. The molecular formula is C108H169Cl2N7O29Si. The average Bonchev–Trinajstić information content (AvgIpc) is 1.69. The van der Waals surface area contributed by atoms with Crippen LogP contribution in [0.5, 0.6) is 0 Å². The van der Waals surface area contributed by atoms with E-state index in [4.69, 9.17) is 53.2 Å². The van der Waals surface area contributed by atoms with Gasteiger partial charge in [0.25, 0.3) is 11.8 Å². The number of halogens is 2. The van der Waals surface area contributed by atoms with Gasteiger partial charge in [0.1, 0.15) is 30.0 Å². The molecule has 0 spiro atoms. The molecule has 6 aliphatic rings. The van der Waals surface area contributed by atoms with Crippen molar-refractivity contribution in [1.82, 2.24) is 35.3 Å². The van der Waals surface area contributed by atoms with Gasteiger partial charge in [0.05, 0.1) is 70.8 Å². The van der Waals surface area contributed by atoms with Gasteiger partial charge in [-0.15, -0.1) is 24.8 Å². The van der Waals surface area contributed by atoms with Crippen LogP contribution in [0.25, 0.3) is 0 Å². The molecule has 6 heterocycles. The van der Waals surface area contributed by atoms with Crippen LogP contribution in [0.4, 0.5) is 24.0 Å².